The van der Waals surface area contributed by atoms with E-state index in [2.05, 4.69) is 34.8 Å². The lowest BCUT2D eigenvalue weighted by Gasteiger charge is -2.39. The third-order valence-corrected chi connectivity index (χ3v) is 11.5. The summed E-state index contributed by atoms with van der Waals surface area (Å²) >= 11 is 0. The van der Waals surface area contributed by atoms with Crippen LogP contribution in [0.1, 0.15) is 39.2 Å². The smallest absolute Gasteiger partial charge is 0.410 e. The number of carbonyl (C=O) groups excluding carboxylic acids is 2. The van der Waals surface area contributed by atoms with Crippen LogP contribution in [-0.4, -0.2) is 130 Å². The molecule has 0 N–H and O–H groups in total. The third-order valence-electron chi connectivity index (χ3n) is 11.5. The molecule has 3 aliphatic heterocycles. The van der Waals surface area contributed by atoms with E-state index in [1.165, 1.54) is 23.2 Å². The van der Waals surface area contributed by atoms with Crippen molar-refractivity contribution in [2.24, 2.45) is 0 Å². The molecule has 7 aromatic rings. The van der Waals surface area contributed by atoms with Gasteiger partial charge in [-0.05, 0) is 69.5 Å². The van der Waals surface area contributed by atoms with Gasteiger partial charge < -0.3 is 47.4 Å². The van der Waals surface area contributed by atoms with Crippen LogP contribution in [0, 0.1) is 0 Å². The third kappa shape index (κ3) is 12.2. The van der Waals surface area contributed by atoms with Gasteiger partial charge in [-0.1, -0.05) is 6.07 Å². The largest absolute Gasteiger partial charge is 0.486 e. The van der Waals surface area contributed by atoms with Crippen LogP contribution in [0.15, 0.2) is 107 Å². The molecular weight excluding hydrogens is 891 g/mol. The number of hydrogen-bond donors (Lipinski definition) is 0. The second-order valence-corrected chi connectivity index (χ2v) is 17.3. The lowest BCUT2D eigenvalue weighted by molar-refractivity contribution is -0.108. The molecule has 6 aromatic heterocycles. The van der Waals surface area contributed by atoms with Gasteiger partial charge in [0.05, 0.1) is 80.0 Å². The topological polar surface area (TPSA) is 230 Å². The van der Waals surface area contributed by atoms with Crippen molar-refractivity contribution >= 4 is 45.5 Å². The molecule has 0 spiro atoms. The molecule has 0 atom stereocenters. The second kappa shape index (κ2) is 22.1. The summed E-state index contributed by atoms with van der Waals surface area (Å²) in [5.74, 6) is 1.44. The van der Waals surface area contributed by atoms with Crippen LogP contribution in [0.3, 0.4) is 0 Å². The highest BCUT2D eigenvalue weighted by molar-refractivity contribution is 5.74. The summed E-state index contributed by atoms with van der Waals surface area (Å²) in [4.78, 5) is 87.6. The number of piperidine rings is 1. The lowest BCUT2D eigenvalue weighted by atomic mass is 10.0. The van der Waals surface area contributed by atoms with Crippen molar-refractivity contribution in [2.75, 3.05) is 46.1 Å². The van der Waals surface area contributed by atoms with E-state index in [1.807, 2.05) is 49.9 Å². The molecule has 1 amide bonds. The van der Waals surface area contributed by atoms with Crippen molar-refractivity contribution in [2.45, 2.75) is 77.7 Å². The second-order valence-electron chi connectivity index (χ2n) is 17.3. The molecule has 0 radical (unpaired) electrons. The maximum Gasteiger partial charge on any atom is 0.410 e. The van der Waals surface area contributed by atoms with Gasteiger partial charge in [-0.2, -0.15) is 0 Å². The fraction of sp³-hybridized carbons (Fsp3) is 0.396. The van der Waals surface area contributed by atoms with Gasteiger partial charge in [0.1, 0.15) is 41.7 Å². The molecule has 0 aliphatic carbocycles. The zero-order valence-corrected chi connectivity index (χ0v) is 38.6. The maximum absolute atomic E-state index is 13.3. The molecule has 21 heteroatoms. The predicted octanol–water partition coefficient (Wildman–Crippen LogP) is 3.62. The number of benzene rings is 1. The van der Waals surface area contributed by atoms with Crippen molar-refractivity contribution in [3.63, 3.8) is 0 Å². The van der Waals surface area contributed by atoms with E-state index in [-0.39, 0.29) is 41.6 Å². The van der Waals surface area contributed by atoms with E-state index in [9.17, 15) is 24.0 Å². The number of hydrogen-bond acceptors (Lipinski definition) is 17. The van der Waals surface area contributed by atoms with Crippen molar-refractivity contribution in [3.8, 4) is 11.5 Å². The van der Waals surface area contributed by atoms with Crippen molar-refractivity contribution < 1.29 is 33.3 Å². The first kappa shape index (κ1) is 48.0. The van der Waals surface area contributed by atoms with Crippen LogP contribution in [-0.2, 0) is 45.2 Å². The number of rotatable bonds is 10. The fourth-order valence-electron chi connectivity index (χ4n) is 8.14. The Bertz CT molecular complexity index is 3090. The van der Waals surface area contributed by atoms with Crippen molar-refractivity contribution in [3.05, 3.63) is 129 Å². The molecular formula is C48H53N11O10. The Balaban J connectivity index is 0.000000168. The van der Waals surface area contributed by atoms with Crippen molar-refractivity contribution in [1.82, 2.24) is 53.4 Å². The minimum absolute atomic E-state index is 0.0435. The molecule has 2 saturated heterocycles. The van der Waals surface area contributed by atoms with E-state index in [0.29, 0.717) is 80.2 Å². The number of fused-ring (bicyclic) bond motifs is 4. The quantitative estimate of drug-likeness (QED) is 0.178. The zero-order chi connectivity index (χ0) is 48.3. The Kier molecular flexibility index (Phi) is 15.4. The van der Waals surface area contributed by atoms with Crippen LogP contribution in [0.25, 0.3) is 33.1 Å². The first-order valence-corrected chi connectivity index (χ1v) is 22.6. The number of carbonyl (C=O) groups is 2. The van der Waals surface area contributed by atoms with Gasteiger partial charge in [-0.25, -0.2) is 19.7 Å². The van der Waals surface area contributed by atoms with Gasteiger partial charge in [0.15, 0.2) is 17.8 Å². The van der Waals surface area contributed by atoms with E-state index in [1.54, 1.807) is 58.4 Å². The summed E-state index contributed by atoms with van der Waals surface area (Å²) in [6.07, 6.45) is 15.2. The molecule has 1 aromatic carbocycles. The Labute approximate surface area is 395 Å². The summed E-state index contributed by atoms with van der Waals surface area (Å²) < 4.78 is 32.6. The monoisotopic (exact) mass is 943 g/mol. The van der Waals surface area contributed by atoms with E-state index in [0.717, 1.165) is 54.8 Å². The highest BCUT2D eigenvalue weighted by atomic mass is 16.7. The van der Waals surface area contributed by atoms with Gasteiger partial charge >= 0.3 is 6.09 Å². The van der Waals surface area contributed by atoms with E-state index < -0.39 is 5.60 Å². The Morgan fingerprint density at radius 2 is 1.23 bits per heavy atom. The van der Waals surface area contributed by atoms with E-state index in [4.69, 9.17) is 23.7 Å². The molecule has 9 heterocycles. The SMILES string of the molecule is CC(C)(C)OC(=O)N(Cc1ccc2c(c1)OCCO2)C1CCN(CCn2c(=O)cnc3cnccc32)CC1.O=CCn1c(=O)cnc2cnccc21.O=c1cnc2cnccc2n1CC1OCCO1. The number of aromatic nitrogens is 9. The van der Waals surface area contributed by atoms with Gasteiger partial charge in [0.25, 0.3) is 16.7 Å². The minimum atomic E-state index is -0.584. The van der Waals surface area contributed by atoms with E-state index >= 15 is 0 Å². The van der Waals surface area contributed by atoms with Gasteiger partial charge in [-0.3, -0.25) is 33.9 Å². The summed E-state index contributed by atoms with van der Waals surface area (Å²) in [6.45, 7) is 11.7. The first-order valence-electron chi connectivity index (χ1n) is 22.6. The lowest BCUT2D eigenvalue weighted by Crippen LogP contribution is -2.49. The molecule has 0 bridgehead atoms. The molecule has 21 nitrogen and oxygen atoms in total. The minimum Gasteiger partial charge on any atom is -0.486 e. The van der Waals surface area contributed by atoms with Gasteiger partial charge in [-0.15, -0.1) is 0 Å². The Hall–Kier alpha value is -7.49. The number of pyridine rings is 3. The normalized spacial score (nSPS) is 15.2. The van der Waals surface area contributed by atoms with Crippen LogP contribution >= 0.6 is 0 Å². The predicted molar refractivity (Wildman–Crippen MR) is 252 cm³/mol. The van der Waals surface area contributed by atoms with Crippen LogP contribution in [0.5, 0.6) is 11.5 Å². The average molecular weight is 944 g/mol. The zero-order valence-electron chi connectivity index (χ0n) is 38.6. The Morgan fingerprint density at radius 3 is 1.81 bits per heavy atom. The molecule has 10 rings (SSSR count). The molecule has 69 heavy (non-hydrogen) atoms. The molecule has 0 saturated carbocycles. The number of likely N-dealkylation sites (tertiary alicyclic amines) is 1. The highest BCUT2D eigenvalue weighted by Crippen LogP contribution is 2.32. The number of ether oxygens (including phenoxy) is 5. The van der Waals surface area contributed by atoms with Crippen LogP contribution in [0.4, 0.5) is 4.79 Å². The summed E-state index contributed by atoms with van der Waals surface area (Å²) in [6, 6.07) is 11.1. The molecule has 3 aliphatic rings. The maximum atomic E-state index is 13.3. The summed E-state index contributed by atoms with van der Waals surface area (Å²) in [7, 11) is 0. The van der Waals surface area contributed by atoms with Crippen LogP contribution < -0.4 is 26.2 Å². The molecule has 360 valence electrons. The molecule has 0 unspecified atom stereocenters. The first-order chi connectivity index (χ1) is 33.4. The molecule has 2 fully saturated rings. The fourth-order valence-corrected chi connectivity index (χ4v) is 8.14. The number of nitrogens with zero attached hydrogens (tertiary/aromatic N) is 11. The standard InChI is InChI=1S/C28H35N5O5.C11H11N3O3.C9H7N3O2/c1-28(2,3)38-27(35)33(19-20-4-5-24-25(16-20)37-15-14-36-24)21-7-10-31(11-8-21)12-13-32-23-6-9-29-17-22(23)30-18-26(32)34;15-10-6-13-8-5-12-2-1-9(8)14(10)7-11-16-3-4-17-11;13-4-3-12-8-1-2-10-5-7(8)11-6-9(12)14/h4-6,9,16-18,21H,7-8,10-15,19H2,1-3H3;1-2,5-6,11H,3-4,7H2;1-2,4-6H,3H2. The van der Waals surface area contributed by atoms with Crippen LogP contribution in [0.2, 0.25) is 0 Å². The number of amides is 1. The highest BCUT2D eigenvalue weighted by Gasteiger charge is 2.32. The van der Waals surface area contributed by atoms with Gasteiger partial charge in [0.2, 0.25) is 0 Å². The Morgan fingerprint density at radius 1 is 0.696 bits per heavy atom. The number of aldehydes is 1. The summed E-state index contributed by atoms with van der Waals surface area (Å²) in [5.41, 5.74) is 3.98. The summed E-state index contributed by atoms with van der Waals surface area (Å²) in [5, 5.41) is 0. The van der Waals surface area contributed by atoms with Gasteiger partial charge in [0, 0.05) is 57.4 Å². The van der Waals surface area contributed by atoms with Crippen molar-refractivity contribution in [1.29, 1.82) is 0 Å². The average Bonchev–Trinajstić information content (AvgIpc) is 3.88.